The Labute approximate surface area is 298 Å². The number of piperidine rings is 1. The second-order valence-electron chi connectivity index (χ2n) is 14.0. The summed E-state index contributed by atoms with van der Waals surface area (Å²) in [4.78, 5) is 46.3. The van der Waals surface area contributed by atoms with Crippen molar-refractivity contribution in [1.82, 2.24) is 10.4 Å². The monoisotopic (exact) mass is 760 g/mol. The van der Waals surface area contributed by atoms with Gasteiger partial charge in [-0.15, -0.1) is 13.2 Å². The number of hydrogen-bond acceptors (Lipinski definition) is 10. The Balaban J connectivity index is 1.36. The van der Waals surface area contributed by atoms with Crippen LogP contribution in [-0.4, -0.2) is 74.0 Å². The molecule has 2 unspecified atom stereocenters. The van der Waals surface area contributed by atoms with Crippen molar-refractivity contribution >= 4 is 39.4 Å². The number of ether oxygens (including phenoxy) is 4. The van der Waals surface area contributed by atoms with Crippen LogP contribution in [0, 0.1) is 5.41 Å². The van der Waals surface area contributed by atoms with Gasteiger partial charge in [-0.3, -0.25) is 4.79 Å². The Morgan fingerprint density at radius 3 is 2.25 bits per heavy atom. The van der Waals surface area contributed by atoms with Crippen molar-refractivity contribution in [2.24, 2.45) is 5.41 Å². The molecule has 3 fully saturated rings. The van der Waals surface area contributed by atoms with Gasteiger partial charge in [0.2, 0.25) is 0 Å². The molecular formula is C34H40ClF3N2O10S. The molecule has 0 bridgehead atoms. The minimum Gasteiger partial charge on any atom is -0.444 e. The van der Waals surface area contributed by atoms with E-state index in [1.54, 1.807) is 25.7 Å². The molecule has 2 heterocycles. The molecule has 1 N–H and O–H groups in total. The number of hydroxylamine groups is 1. The zero-order chi connectivity index (χ0) is 37.2. The van der Waals surface area contributed by atoms with Crippen molar-refractivity contribution in [1.29, 1.82) is 0 Å². The summed E-state index contributed by atoms with van der Waals surface area (Å²) in [5.41, 5.74) is 0.989. The van der Waals surface area contributed by atoms with Crippen LogP contribution in [0.5, 0.6) is 11.5 Å². The Kier molecular flexibility index (Phi) is 11.2. The summed E-state index contributed by atoms with van der Waals surface area (Å²) in [5.74, 6) is -2.58. The van der Waals surface area contributed by atoms with Crippen LogP contribution in [0.1, 0.15) is 82.5 Å². The molecule has 2 atom stereocenters. The molecule has 2 aromatic carbocycles. The van der Waals surface area contributed by atoms with E-state index in [2.05, 4.69) is 10.2 Å². The van der Waals surface area contributed by atoms with Crippen LogP contribution in [0.25, 0.3) is 0 Å². The van der Waals surface area contributed by atoms with Gasteiger partial charge in [-0.2, -0.15) is 0 Å². The predicted octanol–water partition coefficient (Wildman–Crippen LogP) is 6.75. The Bertz CT molecular complexity index is 1720. The summed E-state index contributed by atoms with van der Waals surface area (Å²) in [7, 11) is -4.49. The third-order valence-electron chi connectivity index (χ3n) is 9.28. The summed E-state index contributed by atoms with van der Waals surface area (Å²) in [5, 5.41) is -0.262. The van der Waals surface area contributed by atoms with Gasteiger partial charge in [0.15, 0.2) is 20.9 Å². The number of hydrogen-bond donors (Lipinski definition) is 1. The Hall–Kier alpha value is -3.60. The molecule has 51 heavy (non-hydrogen) atoms. The number of nitrogens with zero attached hydrogens (tertiary/aromatic N) is 1. The van der Waals surface area contributed by atoms with E-state index in [1.807, 2.05) is 0 Å². The number of benzene rings is 2. The van der Waals surface area contributed by atoms with Gasteiger partial charge < -0.3 is 23.8 Å². The molecule has 2 saturated heterocycles. The number of esters is 1. The molecule has 3 aliphatic rings. The number of sulfone groups is 1. The smallest absolute Gasteiger partial charge is 0.444 e. The lowest BCUT2D eigenvalue weighted by atomic mass is 9.76. The first kappa shape index (κ1) is 38.6. The predicted molar refractivity (Wildman–Crippen MR) is 176 cm³/mol. The normalized spacial score (nSPS) is 22.3. The standard InChI is InChI=1S/C34H40ClF3N2O10S/c1-31(2,3)49-30(43)40-17-15-32(16-18-40)13-14-33(21-32,29(42)39-50-27-6-4-5-19-46-27)51(44,45)24-11-12-26(25(35)20-24)47-28(41)22-7-9-23(10-8-22)48-34(36,37)38/h7-12,20,27H,4-6,13-19,21H2,1-3H3,(H,39,42). The minimum absolute atomic E-state index is 0.0368. The van der Waals surface area contributed by atoms with Crippen molar-refractivity contribution in [3.8, 4) is 11.5 Å². The zero-order valence-electron chi connectivity index (χ0n) is 28.3. The summed E-state index contributed by atoms with van der Waals surface area (Å²) in [6, 6.07) is 7.41. The number of carbonyl (C=O) groups is 3. The second kappa shape index (κ2) is 14.8. The van der Waals surface area contributed by atoms with Crippen molar-refractivity contribution in [2.75, 3.05) is 19.7 Å². The van der Waals surface area contributed by atoms with Gasteiger partial charge in [-0.05, 0) is 114 Å². The highest BCUT2D eigenvalue weighted by Crippen LogP contribution is 2.55. The van der Waals surface area contributed by atoms with Crippen molar-refractivity contribution in [3.63, 3.8) is 0 Å². The molecular weight excluding hydrogens is 721 g/mol. The van der Waals surface area contributed by atoms with E-state index in [0.29, 0.717) is 45.4 Å². The SMILES string of the molecule is CC(C)(C)OC(=O)N1CCC2(CC1)CCC(C(=O)NOC1CCCCO1)(S(=O)(=O)c1ccc(OC(=O)c3ccc(OC(F)(F)F)cc3)c(Cl)c1)C2. The minimum atomic E-state index is -4.91. The Morgan fingerprint density at radius 2 is 1.67 bits per heavy atom. The number of amides is 2. The van der Waals surface area contributed by atoms with E-state index in [4.69, 9.17) is 30.6 Å². The van der Waals surface area contributed by atoms with Crippen molar-refractivity contribution in [2.45, 2.75) is 100 Å². The average Bonchev–Trinajstić information content (AvgIpc) is 3.44. The number of carbonyl (C=O) groups excluding carboxylic acids is 3. The first-order valence-corrected chi connectivity index (χ1v) is 18.4. The molecule has 5 rings (SSSR count). The Morgan fingerprint density at radius 1 is 0.980 bits per heavy atom. The summed E-state index contributed by atoms with van der Waals surface area (Å²) >= 11 is 6.42. The summed E-state index contributed by atoms with van der Waals surface area (Å²) in [6.45, 7) is 6.40. The van der Waals surface area contributed by atoms with Crippen LogP contribution in [0.3, 0.4) is 0 Å². The van der Waals surface area contributed by atoms with E-state index >= 15 is 0 Å². The fourth-order valence-electron chi connectivity index (χ4n) is 6.64. The third kappa shape index (κ3) is 9.07. The molecule has 280 valence electrons. The van der Waals surface area contributed by atoms with Gasteiger partial charge >= 0.3 is 18.4 Å². The largest absolute Gasteiger partial charge is 0.573 e. The maximum atomic E-state index is 14.6. The molecule has 1 aliphatic carbocycles. The first-order valence-electron chi connectivity index (χ1n) is 16.5. The van der Waals surface area contributed by atoms with E-state index in [0.717, 1.165) is 49.2 Å². The topological polar surface area (TPSA) is 147 Å². The van der Waals surface area contributed by atoms with Gasteiger partial charge in [-0.1, -0.05) is 11.6 Å². The van der Waals surface area contributed by atoms with E-state index in [1.165, 1.54) is 6.07 Å². The number of halogens is 4. The molecule has 17 heteroatoms. The van der Waals surface area contributed by atoms with Gasteiger partial charge in [0.25, 0.3) is 5.91 Å². The highest BCUT2D eigenvalue weighted by molar-refractivity contribution is 7.93. The molecule has 2 amide bonds. The molecule has 12 nitrogen and oxygen atoms in total. The van der Waals surface area contributed by atoms with Crippen molar-refractivity contribution < 1.29 is 59.8 Å². The zero-order valence-corrected chi connectivity index (χ0v) is 29.9. The van der Waals surface area contributed by atoms with Gasteiger partial charge in [-0.25, -0.2) is 28.3 Å². The number of rotatable bonds is 8. The van der Waals surface area contributed by atoms with Crippen LogP contribution in [0.4, 0.5) is 18.0 Å². The molecule has 1 saturated carbocycles. The highest BCUT2D eigenvalue weighted by atomic mass is 35.5. The lowest BCUT2D eigenvalue weighted by Gasteiger charge is -2.40. The fourth-order valence-corrected chi connectivity index (χ4v) is 9.04. The van der Waals surface area contributed by atoms with Gasteiger partial charge in [0.05, 0.1) is 15.5 Å². The number of nitrogens with one attached hydrogen (secondary N) is 1. The molecule has 2 aromatic rings. The van der Waals surface area contributed by atoms with Gasteiger partial charge in [0, 0.05) is 26.1 Å². The van der Waals surface area contributed by atoms with Gasteiger partial charge in [0.1, 0.15) is 17.1 Å². The van der Waals surface area contributed by atoms with Crippen LogP contribution < -0.4 is 15.0 Å². The number of likely N-dealkylation sites (tertiary alicyclic amines) is 1. The molecule has 0 radical (unpaired) electrons. The van der Waals surface area contributed by atoms with Crippen molar-refractivity contribution in [3.05, 3.63) is 53.1 Å². The van der Waals surface area contributed by atoms with Crippen LogP contribution in [-0.2, 0) is 28.9 Å². The maximum Gasteiger partial charge on any atom is 0.573 e. The van der Waals surface area contributed by atoms with Crippen LogP contribution in [0.15, 0.2) is 47.4 Å². The first-order chi connectivity index (χ1) is 23.8. The maximum absolute atomic E-state index is 14.6. The number of alkyl halides is 3. The van der Waals surface area contributed by atoms with Crippen LogP contribution in [0.2, 0.25) is 5.02 Å². The molecule has 1 spiro atoms. The average molecular weight is 761 g/mol. The molecule has 2 aliphatic heterocycles. The second-order valence-corrected chi connectivity index (χ2v) is 16.7. The lowest BCUT2D eigenvalue weighted by Crippen LogP contribution is -2.53. The summed E-state index contributed by atoms with van der Waals surface area (Å²) in [6.07, 6.45) is -2.74. The van der Waals surface area contributed by atoms with E-state index in [-0.39, 0.29) is 34.1 Å². The van der Waals surface area contributed by atoms with Crippen LogP contribution >= 0.6 is 11.6 Å². The highest BCUT2D eigenvalue weighted by Gasteiger charge is 2.61. The molecule has 0 aromatic heterocycles. The fraction of sp³-hybridized carbons (Fsp3) is 0.559. The quantitative estimate of drug-likeness (QED) is 0.174. The van der Waals surface area contributed by atoms with E-state index in [9.17, 15) is 36.0 Å². The van der Waals surface area contributed by atoms with E-state index < -0.39 is 62.0 Å². The lowest BCUT2D eigenvalue weighted by molar-refractivity contribution is -0.274. The summed E-state index contributed by atoms with van der Waals surface area (Å²) < 4.78 is 84.8. The third-order valence-corrected chi connectivity index (χ3v) is 12.0.